The molecule has 0 spiro atoms. The standard InChI is InChI=1S/C16H20F3NO2/c1-3-22-15(21)12-6-8-20(9-7-12)14-10-13(16(17,18)19)5-4-11(14)2/h4-5,10,12H,3,6-9H2,1-2H3. The molecular formula is C16H20F3NO2. The minimum atomic E-state index is -4.34. The van der Waals surface area contributed by atoms with Gasteiger partial charge in [-0.15, -0.1) is 0 Å². The molecule has 3 nitrogen and oxygen atoms in total. The number of carbonyl (C=O) groups excluding carboxylic acids is 1. The summed E-state index contributed by atoms with van der Waals surface area (Å²) in [5.74, 6) is -0.356. The number of benzene rings is 1. The van der Waals surface area contributed by atoms with Gasteiger partial charge in [-0.05, 0) is 44.4 Å². The normalized spacial score (nSPS) is 16.7. The molecule has 6 heteroatoms. The number of anilines is 1. The van der Waals surface area contributed by atoms with Crippen molar-refractivity contribution < 1.29 is 22.7 Å². The Morgan fingerprint density at radius 1 is 1.32 bits per heavy atom. The largest absolute Gasteiger partial charge is 0.466 e. The van der Waals surface area contributed by atoms with Crippen molar-refractivity contribution in [1.82, 2.24) is 0 Å². The van der Waals surface area contributed by atoms with Gasteiger partial charge in [0.1, 0.15) is 0 Å². The molecule has 1 fully saturated rings. The van der Waals surface area contributed by atoms with Gasteiger partial charge in [0, 0.05) is 18.8 Å². The van der Waals surface area contributed by atoms with Crippen molar-refractivity contribution in [2.45, 2.75) is 32.9 Å². The Kier molecular flexibility index (Phi) is 4.98. The summed E-state index contributed by atoms with van der Waals surface area (Å²) in [7, 11) is 0. The van der Waals surface area contributed by atoms with Gasteiger partial charge in [-0.25, -0.2) is 0 Å². The Bertz CT molecular complexity index is 535. The first kappa shape index (κ1) is 16.6. The Balaban J connectivity index is 2.09. The first-order chi connectivity index (χ1) is 10.3. The Labute approximate surface area is 128 Å². The van der Waals surface area contributed by atoms with E-state index in [0.29, 0.717) is 38.2 Å². The highest BCUT2D eigenvalue weighted by Crippen LogP contribution is 2.34. The molecule has 1 aromatic rings. The molecule has 1 aliphatic rings. The van der Waals surface area contributed by atoms with Crippen LogP contribution in [0.3, 0.4) is 0 Å². The highest BCUT2D eigenvalue weighted by Gasteiger charge is 2.32. The summed E-state index contributed by atoms with van der Waals surface area (Å²) in [5, 5.41) is 0. The lowest BCUT2D eigenvalue weighted by molar-refractivity contribution is -0.148. The van der Waals surface area contributed by atoms with E-state index in [1.807, 2.05) is 4.90 Å². The van der Waals surface area contributed by atoms with E-state index in [9.17, 15) is 18.0 Å². The van der Waals surface area contributed by atoms with Crippen LogP contribution in [0.15, 0.2) is 18.2 Å². The summed E-state index contributed by atoms with van der Waals surface area (Å²) in [6.45, 7) is 5.04. The van der Waals surface area contributed by atoms with Gasteiger partial charge in [-0.3, -0.25) is 4.79 Å². The second-order valence-electron chi connectivity index (χ2n) is 5.51. The maximum absolute atomic E-state index is 12.8. The van der Waals surface area contributed by atoms with Crippen LogP contribution in [-0.4, -0.2) is 25.7 Å². The Morgan fingerprint density at radius 2 is 1.95 bits per heavy atom. The zero-order valence-electron chi connectivity index (χ0n) is 12.7. The maximum Gasteiger partial charge on any atom is 0.416 e. The molecule has 1 aliphatic heterocycles. The number of carbonyl (C=O) groups is 1. The molecule has 22 heavy (non-hydrogen) atoms. The molecule has 0 N–H and O–H groups in total. The Morgan fingerprint density at radius 3 is 2.50 bits per heavy atom. The molecule has 0 atom stereocenters. The maximum atomic E-state index is 12.8. The smallest absolute Gasteiger partial charge is 0.416 e. The van der Waals surface area contributed by atoms with Crippen LogP contribution in [0.1, 0.15) is 30.9 Å². The molecule has 1 heterocycles. The molecule has 122 valence electrons. The summed E-state index contributed by atoms with van der Waals surface area (Å²) in [4.78, 5) is 13.6. The number of hydrogen-bond acceptors (Lipinski definition) is 3. The summed E-state index contributed by atoms with van der Waals surface area (Å²) in [6, 6.07) is 3.79. The van der Waals surface area contributed by atoms with Crippen LogP contribution in [0.25, 0.3) is 0 Å². The van der Waals surface area contributed by atoms with E-state index in [0.717, 1.165) is 11.6 Å². The molecule has 1 saturated heterocycles. The summed E-state index contributed by atoms with van der Waals surface area (Å²) < 4.78 is 43.5. The summed E-state index contributed by atoms with van der Waals surface area (Å²) >= 11 is 0. The fourth-order valence-electron chi connectivity index (χ4n) is 2.74. The lowest BCUT2D eigenvalue weighted by Crippen LogP contribution is -2.37. The van der Waals surface area contributed by atoms with Crippen molar-refractivity contribution in [3.8, 4) is 0 Å². The number of aryl methyl sites for hydroxylation is 1. The zero-order chi connectivity index (χ0) is 16.3. The molecule has 2 rings (SSSR count). The predicted octanol–water partition coefficient (Wildman–Crippen LogP) is 3.79. The fraction of sp³-hybridized carbons (Fsp3) is 0.562. The van der Waals surface area contributed by atoms with E-state index in [4.69, 9.17) is 4.74 Å². The molecule has 1 aromatic carbocycles. The van der Waals surface area contributed by atoms with Gasteiger partial charge in [0.15, 0.2) is 0 Å². The number of rotatable bonds is 3. The summed E-state index contributed by atoms with van der Waals surface area (Å²) in [5.41, 5.74) is 0.764. The summed E-state index contributed by atoms with van der Waals surface area (Å²) in [6.07, 6.45) is -3.13. The molecule has 0 amide bonds. The third-order valence-electron chi connectivity index (χ3n) is 3.99. The topological polar surface area (TPSA) is 29.5 Å². The molecule has 0 bridgehead atoms. The van der Waals surface area contributed by atoms with Gasteiger partial charge >= 0.3 is 12.1 Å². The minimum absolute atomic E-state index is 0.151. The van der Waals surface area contributed by atoms with E-state index < -0.39 is 11.7 Å². The minimum Gasteiger partial charge on any atom is -0.466 e. The van der Waals surface area contributed by atoms with Gasteiger partial charge in [0.25, 0.3) is 0 Å². The number of alkyl halides is 3. The van der Waals surface area contributed by atoms with Crippen molar-refractivity contribution in [2.75, 3.05) is 24.6 Å². The van der Waals surface area contributed by atoms with E-state index in [-0.39, 0.29) is 11.9 Å². The molecule has 0 aliphatic carbocycles. The van der Waals surface area contributed by atoms with Crippen LogP contribution >= 0.6 is 0 Å². The number of esters is 1. The van der Waals surface area contributed by atoms with E-state index in [1.54, 1.807) is 13.8 Å². The molecule has 0 aromatic heterocycles. The predicted molar refractivity (Wildman–Crippen MR) is 77.8 cm³/mol. The third kappa shape index (κ3) is 3.72. The second-order valence-corrected chi connectivity index (χ2v) is 5.51. The van der Waals surface area contributed by atoms with Crippen LogP contribution in [0, 0.1) is 12.8 Å². The molecule has 0 unspecified atom stereocenters. The van der Waals surface area contributed by atoms with Crippen LogP contribution in [0.5, 0.6) is 0 Å². The van der Waals surface area contributed by atoms with Gasteiger partial charge in [0.2, 0.25) is 0 Å². The molecule has 0 saturated carbocycles. The zero-order valence-corrected chi connectivity index (χ0v) is 12.7. The van der Waals surface area contributed by atoms with Gasteiger partial charge in [-0.2, -0.15) is 13.2 Å². The molecular weight excluding hydrogens is 295 g/mol. The quantitative estimate of drug-likeness (QED) is 0.795. The van der Waals surface area contributed by atoms with Crippen LogP contribution in [0.2, 0.25) is 0 Å². The number of piperidine rings is 1. The van der Waals surface area contributed by atoms with Crippen molar-refractivity contribution in [3.05, 3.63) is 29.3 Å². The van der Waals surface area contributed by atoms with Crippen molar-refractivity contribution in [2.24, 2.45) is 5.92 Å². The number of hydrogen-bond donors (Lipinski definition) is 0. The second kappa shape index (κ2) is 6.58. The van der Waals surface area contributed by atoms with Crippen LogP contribution in [0.4, 0.5) is 18.9 Å². The third-order valence-corrected chi connectivity index (χ3v) is 3.99. The molecule has 0 radical (unpaired) electrons. The number of ether oxygens (including phenoxy) is 1. The SMILES string of the molecule is CCOC(=O)C1CCN(c2cc(C(F)(F)F)ccc2C)CC1. The van der Waals surface area contributed by atoms with Crippen molar-refractivity contribution in [3.63, 3.8) is 0 Å². The average molecular weight is 315 g/mol. The van der Waals surface area contributed by atoms with Gasteiger partial charge in [0.05, 0.1) is 18.1 Å². The lowest BCUT2D eigenvalue weighted by atomic mass is 9.96. The number of nitrogens with zero attached hydrogens (tertiary/aromatic N) is 1. The van der Waals surface area contributed by atoms with Crippen LogP contribution in [-0.2, 0) is 15.7 Å². The highest BCUT2D eigenvalue weighted by molar-refractivity contribution is 5.73. The van der Waals surface area contributed by atoms with E-state index in [2.05, 4.69) is 0 Å². The average Bonchev–Trinajstić information content (AvgIpc) is 2.47. The Hall–Kier alpha value is -1.72. The van der Waals surface area contributed by atoms with Crippen molar-refractivity contribution in [1.29, 1.82) is 0 Å². The monoisotopic (exact) mass is 315 g/mol. The lowest BCUT2D eigenvalue weighted by Gasteiger charge is -2.33. The first-order valence-electron chi connectivity index (χ1n) is 7.42. The van der Waals surface area contributed by atoms with Crippen LogP contribution < -0.4 is 4.90 Å². The van der Waals surface area contributed by atoms with E-state index >= 15 is 0 Å². The fourth-order valence-corrected chi connectivity index (χ4v) is 2.74. The highest BCUT2D eigenvalue weighted by atomic mass is 19.4. The van der Waals surface area contributed by atoms with E-state index in [1.165, 1.54) is 12.1 Å². The van der Waals surface area contributed by atoms with Gasteiger partial charge in [-0.1, -0.05) is 6.07 Å². The first-order valence-corrected chi connectivity index (χ1v) is 7.42. The van der Waals surface area contributed by atoms with Crippen molar-refractivity contribution >= 4 is 11.7 Å². The number of halogens is 3. The van der Waals surface area contributed by atoms with Gasteiger partial charge < -0.3 is 9.64 Å².